The first-order chi connectivity index (χ1) is 8.79. The first-order valence-electron chi connectivity index (χ1n) is 7.00. The lowest BCUT2D eigenvalue weighted by atomic mass is 10.0. The standard InChI is InChI=1S/C15H23FN2/c1-2-5-13-8-10-18(12-13)11-9-17-15-7-4-3-6-14(15)16/h3-4,6-7,13,17H,2,5,8-12H2,1H3. The maximum absolute atomic E-state index is 13.4. The Labute approximate surface area is 109 Å². The van der Waals surface area contributed by atoms with Crippen LogP contribution in [0.4, 0.5) is 10.1 Å². The molecule has 0 bridgehead atoms. The Morgan fingerprint density at radius 3 is 3.00 bits per heavy atom. The molecular weight excluding hydrogens is 227 g/mol. The van der Waals surface area contributed by atoms with Crippen LogP contribution in [0.5, 0.6) is 0 Å². The third-order valence-corrected chi connectivity index (χ3v) is 3.68. The van der Waals surface area contributed by atoms with E-state index in [0.717, 1.165) is 19.0 Å². The van der Waals surface area contributed by atoms with Crippen molar-refractivity contribution in [2.75, 3.05) is 31.5 Å². The Bertz CT molecular complexity index is 367. The van der Waals surface area contributed by atoms with Crippen LogP contribution in [0.2, 0.25) is 0 Å². The van der Waals surface area contributed by atoms with Gasteiger partial charge in [-0.05, 0) is 37.4 Å². The van der Waals surface area contributed by atoms with Crippen molar-refractivity contribution in [1.82, 2.24) is 4.90 Å². The van der Waals surface area contributed by atoms with Crippen LogP contribution in [0.1, 0.15) is 26.2 Å². The fourth-order valence-corrected chi connectivity index (χ4v) is 2.71. The van der Waals surface area contributed by atoms with Gasteiger partial charge in [-0.15, -0.1) is 0 Å². The number of benzene rings is 1. The zero-order valence-corrected chi connectivity index (χ0v) is 11.2. The maximum atomic E-state index is 13.4. The molecule has 1 saturated heterocycles. The molecule has 1 aromatic carbocycles. The van der Waals surface area contributed by atoms with Gasteiger partial charge in [0.25, 0.3) is 0 Å². The summed E-state index contributed by atoms with van der Waals surface area (Å²) in [5.74, 6) is 0.714. The van der Waals surface area contributed by atoms with Crippen molar-refractivity contribution in [3.8, 4) is 0 Å². The molecule has 1 unspecified atom stereocenters. The van der Waals surface area contributed by atoms with Gasteiger partial charge in [-0.1, -0.05) is 25.5 Å². The summed E-state index contributed by atoms with van der Waals surface area (Å²) in [6.45, 7) is 6.49. The van der Waals surface area contributed by atoms with Crippen LogP contribution in [0.3, 0.4) is 0 Å². The Hall–Kier alpha value is -1.09. The topological polar surface area (TPSA) is 15.3 Å². The van der Waals surface area contributed by atoms with E-state index in [0.29, 0.717) is 5.69 Å². The fourth-order valence-electron chi connectivity index (χ4n) is 2.71. The van der Waals surface area contributed by atoms with Crippen LogP contribution >= 0.6 is 0 Å². The summed E-state index contributed by atoms with van der Waals surface area (Å²) in [5, 5.41) is 3.17. The molecule has 0 radical (unpaired) electrons. The number of halogens is 1. The van der Waals surface area contributed by atoms with Crippen LogP contribution < -0.4 is 5.32 Å². The normalized spacial score (nSPS) is 20.2. The van der Waals surface area contributed by atoms with Crippen molar-refractivity contribution in [2.24, 2.45) is 5.92 Å². The summed E-state index contributed by atoms with van der Waals surface area (Å²) in [7, 11) is 0. The minimum atomic E-state index is -0.164. The summed E-state index contributed by atoms with van der Waals surface area (Å²) in [4.78, 5) is 2.48. The number of likely N-dealkylation sites (tertiary alicyclic amines) is 1. The molecule has 100 valence electrons. The predicted molar refractivity (Wildman–Crippen MR) is 74.3 cm³/mol. The third kappa shape index (κ3) is 3.70. The highest BCUT2D eigenvalue weighted by molar-refractivity contribution is 5.44. The number of hydrogen-bond donors (Lipinski definition) is 1. The highest BCUT2D eigenvalue weighted by Crippen LogP contribution is 2.20. The lowest BCUT2D eigenvalue weighted by Crippen LogP contribution is -2.27. The zero-order chi connectivity index (χ0) is 12.8. The number of nitrogens with one attached hydrogen (secondary N) is 1. The number of para-hydroxylation sites is 1. The number of anilines is 1. The molecule has 1 N–H and O–H groups in total. The van der Waals surface area contributed by atoms with Gasteiger partial charge in [-0.25, -0.2) is 4.39 Å². The fraction of sp³-hybridized carbons (Fsp3) is 0.600. The summed E-state index contributed by atoms with van der Waals surface area (Å²) in [5.41, 5.74) is 0.613. The van der Waals surface area contributed by atoms with Crippen molar-refractivity contribution in [3.63, 3.8) is 0 Å². The van der Waals surface area contributed by atoms with Crippen LogP contribution in [0.25, 0.3) is 0 Å². The van der Waals surface area contributed by atoms with Gasteiger partial charge >= 0.3 is 0 Å². The molecule has 2 rings (SSSR count). The van der Waals surface area contributed by atoms with Gasteiger partial charge in [0.2, 0.25) is 0 Å². The average Bonchev–Trinajstić information content (AvgIpc) is 2.80. The Kier molecular flexibility index (Phi) is 5.00. The molecule has 0 spiro atoms. The minimum Gasteiger partial charge on any atom is -0.381 e. The van der Waals surface area contributed by atoms with E-state index in [2.05, 4.69) is 17.1 Å². The molecule has 1 atom stereocenters. The van der Waals surface area contributed by atoms with Crippen molar-refractivity contribution in [2.45, 2.75) is 26.2 Å². The van der Waals surface area contributed by atoms with Crippen LogP contribution in [0, 0.1) is 11.7 Å². The molecule has 2 nitrogen and oxygen atoms in total. The van der Waals surface area contributed by atoms with Crippen molar-refractivity contribution >= 4 is 5.69 Å². The van der Waals surface area contributed by atoms with E-state index in [-0.39, 0.29) is 5.82 Å². The van der Waals surface area contributed by atoms with E-state index in [1.54, 1.807) is 12.1 Å². The van der Waals surface area contributed by atoms with E-state index < -0.39 is 0 Å². The Morgan fingerprint density at radius 2 is 2.22 bits per heavy atom. The van der Waals surface area contributed by atoms with Crippen LogP contribution in [-0.4, -0.2) is 31.1 Å². The molecule has 1 fully saturated rings. The number of hydrogen-bond acceptors (Lipinski definition) is 2. The smallest absolute Gasteiger partial charge is 0.146 e. The largest absolute Gasteiger partial charge is 0.381 e. The van der Waals surface area contributed by atoms with E-state index in [4.69, 9.17) is 0 Å². The van der Waals surface area contributed by atoms with Gasteiger partial charge in [0.15, 0.2) is 0 Å². The van der Waals surface area contributed by atoms with Gasteiger partial charge in [0.05, 0.1) is 5.69 Å². The van der Waals surface area contributed by atoms with E-state index in [1.807, 2.05) is 6.07 Å². The average molecular weight is 250 g/mol. The highest BCUT2D eigenvalue weighted by atomic mass is 19.1. The zero-order valence-electron chi connectivity index (χ0n) is 11.2. The minimum absolute atomic E-state index is 0.164. The number of rotatable bonds is 6. The Balaban J connectivity index is 1.69. The first kappa shape index (κ1) is 13.3. The monoisotopic (exact) mass is 250 g/mol. The molecule has 1 aliphatic heterocycles. The second kappa shape index (κ2) is 6.74. The lowest BCUT2D eigenvalue weighted by Gasteiger charge is -2.16. The second-order valence-corrected chi connectivity index (χ2v) is 5.15. The van der Waals surface area contributed by atoms with Gasteiger partial charge < -0.3 is 10.2 Å². The summed E-state index contributed by atoms with van der Waals surface area (Å²) >= 11 is 0. The van der Waals surface area contributed by atoms with Crippen LogP contribution in [-0.2, 0) is 0 Å². The lowest BCUT2D eigenvalue weighted by molar-refractivity contribution is 0.332. The molecule has 3 heteroatoms. The second-order valence-electron chi connectivity index (χ2n) is 5.15. The molecule has 0 aromatic heterocycles. The SMILES string of the molecule is CCCC1CCN(CCNc2ccccc2F)C1. The predicted octanol–water partition coefficient (Wildman–Crippen LogP) is 3.36. The number of nitrogens with zero attached hydrogens (tertiary/aromatic N) is 1. The van der Waals surface area contributed by atoms with E-state index >= 15 is 0 Å². The Morgan fingerprint density at radius 1 is 1.39 bits per heavy atom. The molecule has 0 amide bonds. The van der Waals surface area contributed by atoms with E-state index in [9.17, 15) is 4.39 Å². The van der Waals surface area contributed by atoms with Crippen molar-refractivity contribution < 1.29 is 4.39 Å². The highest BCUT2D eigenvalue weighted by Gasteiger charge is 2.20. The molecule has 1 aromatic rings. The molecule has 1 aliphatic rings. The summed E-state index contributed by atoms with van der Waals surface area (Å²) < 4.78 is 13.4. The molecular formula is C15H23FN2. The molecule has 0 aliphatic carbocycles. The quantitative estimate of drug-likeness (QED) is 0.833. The van der Waals surface area contributed by atoms with Gasteiger partial charge in [-0.2, -0.15) is 0 Å². The maximum Gasteiger partial charge on any atom is 0.146 e. The van der Waals surface area contributed by atoms with Crippen molar-refractivity contribution in [1.29, 1.82) is 0 Å². The summed E-state index contributed by atoms with van der Waals surface area (Å²) in [6.07, 6.45) is 3.96. The summed E-state index contributed by atoms with van der Waals surface area (Å²) in [6, 6.07) is 6.86. The van der Waals surface area contributed by atoms with Gasteiger partial charge in [0.1, 0.15) is 5.82 Å². The molecule has 1 heterocycles. The van der Waals surface area contributed by atoms with Crippen molar-refractivity contribution in [3.05, 3.63) is 30.1 Å². The van der Waals surface area contributed by atoms with Gasteiger partial charge in [0, 0.05) is 19.6 Å². The third-order valence-electron chi connectivity index (χ3n) is 3.68. The van der Waals surface area contributed by atoms with Gasteiger partial charge in [-0.3, -0.25) is 0 Å². The molecule has 18 heavy (non-hydrogen) atoms. The first-order valence-corrected chi connectivity index (χ1v) is 7.00. The molecule has 0 saturated carbocycles. The van der Waals surface area contributed by atoms with E-state index in [1.165, 1.54) is 38.4 Å². The van der Waals surface area contributed by atoms with Crippen LogP contribution in [0.15, 0.2) is 24.3 Å².